The highest BCUT2D eigenvalue weighted by Crippen LogP contribution is 2.16. The van der Waals surface area contributed by atoms with Crippen LogP contribution in [0.4, 0.5) is 0 Å². The molecule has 0 aromatic carbocycles. The van der Waals surface area contributed by atoms with Crippen LogP contribution in [0.15, 0.2) is 16.9 Å². The van der Waals surface area contributed by atoms with Gasteiger partial charge in [-0.05, 0) is 25.3 Å². The molecule has 2 aliphatic rings. The number of allylic oxidation sites excluding steroid dienone is 2. The van der Waals surface area contributed by atoms with Gasteiger partial charge < -0.3 is 0 Å². The van der Waals surface area contributed by atoms with Gasteiger partial charge in [-0.3, -0.25) is 9.36 Å². The predicted molar refractivity (Wildman–Crippen MR) is 59.5 cm³/mol. The molecule has 0 radical (unpaired) electrons. The zero-order valence-electron chi connectivity index (χ0n) is 8.44. The Bertz CT molecular complexity index is 523. The van der Waals surface area contributed by atoms with Crippen LogP contribution < -0.4 is 5.56 Å². The number of nitrogens with zero attached hydrogens (tertiary/aromatic N) is 2. The van der Waals surface area contributed by atoms with Crippen molar-refractivity contribution in [1.29, 1.82) is 0 Å². The summed E-state index contributed by atoms with van der Waals surface area (Å²) in [6.45, 7) is 0. The van der Waals surface area contributed by atoms with E-state index in [9.17, 15) is 4.79 Å². The zero-order valence-corrected chi connectivity index (χ0v) is 8.44. The van der Waals surface area contributed by atoms with Crippen LogP contribution >= 0.6 is 0 Å². The molecule has 1 aliphatic carbocycles. The van der Waals surface area contributed by atoms with E-state index in [1.807, 2.05) is 18.4 Å². The van der Waals surface area contributed by atoms with Crippen LogP contribution in [0.5, 0.6) is 0 Å². The quantitative estimate of drug-likeness (QED) is 0.637. The minimum absolute atomic E-state index is 0.121. The van der Waals surface area contributed by atoms with E-state index in [1.165, 1.54) is 0 Å². The molecular weight excluding hydrogens is 188 g/mol. The van der Waals surface area contributed by atoms with Crippen molar-refractivity contribution in [3.63, 3.8) is 0 Å². The average Bonchev–Trinajstić information content (AvgIpc) is 2.30. The van der Waals surface area contributed by atoms with Crippen LogP contribution in [-0.2, 0) is 12.8 Å². The minimum Gasteiger partial charge on any atom is -0.272 e. The van der Waals surface area contributed by atoms with Gasteiger partial charge >= 0.3 is 0 Å². The molecule has 0 saturated heterocycles. The minimum atomic E-state index is 0.121. The molecule has 3 heteroatoms. The van der Waals surface area contributed by atoms with Gasteiger partial charge in [0.25, 0.3) is 5.56 Å². The molecule has 0 bridgehead atoms. The van der Waals surface area contributed by atoms with Crippen molar-refractivity contribution in [2.75, 3.05) is 0 Å². The summed E-state index contributed by atoms with van der Waals surface area (Å²) in [5, 5.41) is 0. The molecule has 0 unspecified atom stereocenters. The summed E-state index contributed by atoms with van der Waals surface area (Å²) in [4.78, 5) is 16.6. The highest BCUT2D eigenvalue weighted by molar-refractivity contribution is 5.52. The lowest BCUT2D eigenvalue weighted by molar-refractivity contribution is 0.755. The highest BCUT2D eigenvalue weighted by Gasteiger charge is 2.16. The Hall–Kier alpha value is -1.64. The first-order valence-corrected chi connectivity index (χ1v) is 5.34. The maximum Gasteiger partial charge on any atom is 0.261 e. The molecule has 1 aromatic rings. The molecule has 0 saturated carbocycles. The van der Waals surface area contributed by atoms with Gasteiger partial charge in [0, 0.05) is 18.2 Å². The topological polar surface area (TPSA) is 34.9 Å². The van der Waals surface area contributed by atoms with Crippen LogP contribution in [0.2, 0.25) is 0 Å². The third-order valence-corrected chi connectivity index (χ3v) is 2.94. The van der Waals surface area contributed by atoms with E-state index in [0.29, 0.717) is 0 Å². The Morgan fingerprint density at radius 2 is 2.07 bits per heavy atom. The number of aryl methyl sites for hydroxylation is 1. The van der Waals surface area contributed by atoms with Crippen molar-refractivity contribution >= 4 is 12.3 Å². The summed E-state index contributed by atoms with van der Waals surface area (Å²) in [6, 6.07) is 0. The van der Waals surface area contributed by atoms with E-state index in [-0.39, 0.29) is 5.56 Å². The van der Waals surface area contributed by atoms with Crippen LogP contribution in [0, 0.1) is 0 Å². The number of hydrogen-bond acceptors (Lipinski definition) is 2. The predicted octanol–water partition coefficient (Wildman–Crippen LogP) is 1.62. The molecule has 1 aliphatic heterocycles. The van der Waals surface area contributed by atoms with Gasteiger partial charge in [0.1, 0.15) is 5.82 Å². The molecule has 76 valence electrons. The summed E-state index contributed by atoms with van der Waals surface area (Å²) in [6.07, 6.45) is 11.6. The third kappa shape index (κ3) is 1.27. The molecule has 1 aromatic heterocycles. The fourth-order valence-electron chi connectivity index (χ4n) is 2.15. The lowest BCUT2D eigenvalue weighted by Crippen LogP contribution is -2.28. The van der Waals surface area contributed by atoms with E-state index in [1.54, 1.807) is 4.57 Å². The lowest BCUT2D eigenvalue weighted by Gasteiger charge is -2.16. The summed E-state index contributed by atoms with van der Waals surface area (Å²) >= 11 is 0. The first-order chi connectivity index (χ1) is 7.36. The molecular formula is C12H12N2O. The van der Waals surface area contributed by atoms with Crippen molar-refractivity contribution in [3.8, 4) is 0 Å². The molecule has 0 N–H and O–H groups in total. The summed E-state index contributed by atoms with van der Waals surface area (Å²) in [7, 11) is 0. The van der Waals surface area contributed by atoms with E-state index >= 15 is 0 Å². The molecule has 0 spiro atoms. The van der Waals surface area contributed by atoms with E-state index < -0.39 is 0 Å². The lowest BCUT2D eigenvalue weighted by atomic mass is 10.0. The van der Waals surface area contributed by atoms with Gasteiger partial charge in [-0.15, -0.1) is 0 Å². The van der Waals surface area contributed by atoms with Crippen molar-refractivity contribution in [3.05, 3.63) is 39.6 Å². The van der Waals surface area contributed by atoms with Crippen molar-refractivity contribution in [2.45, 2.75) is 25.7 Å². The fourth-order valence-corrected chi connectivity index (χ4v) is 2.15. The number of fused-ring (bicyclic) bond motifs is 2. The van der Waals surface area contributed by atoms with Crippen LogP contribution in [0.25, 0.3) is 12.3 Å². The van der Waals surface area contributed by atoms with Gasteiger partial charge in [0.2, 0.25) is 0 Å². The fraction of sp³-hybridized carbons (Fsp3) is 0.333. The Morgan fingerprint density at radius 3 is 3.00 bits per heavy atom. The largest absolute Gasteiger partial charge is 0.272 e. The molecule has 0 atom stereocenters. The smallest absolute Gasteiger partial charge is 0.261 e. The standard InChI is InChI=1S/C12H12N2O/c15-12-9-5-1-2-6-10(9)13-11-7-3-4-8-14(11)12/h2,4,6,8H,1,3,5,7H2. The van der Waals surface area contributed by atoms with E-state index in [4.69, 9.17) is 0 Å². The summed E-state index contributed by atoms with van der Waals surface area (Å²) in [5.41, 5.74) is 1.87. The Morgan fingerprint density at radius 1 is 1.20 bits per heavy atom. The van der Waals surface area contributed by atoms with Crippen LogP contribution in [0.3, 0.4) is 0 Å². The van der Waals surface area contributed by atoms with Gasteiger partial charge in [0.15, 0.2) is 0 Å². The number of aromatic nitrogens is 2. The van der Waals surface area contributed by atoms with Crippen LogP contribution in [0.1, 0.15) is 29.9 Å². The van der Waals surface area contributed by atoms with Crippen molar-refractivity contribution in [2.24, 2.45) is 0 Å². The summed E-state index contributed by atoms with van der Waals surface area (Å²) < 4.78 is 1.70. The second-order valence-corrected chi connectivity index (χ2v) is 3.93. The van der Waals surface area contributed by atoms with Gasteiger partial charge in [-0.1, -0.05) is 12.2 Å². The first kappa shape index (κ1) is 8.65. The van der Waals surface area contributed by atoms with Crippen molar-refractivity contribution < 1.29 is 0 Å². The molecule has 3 rings (SSSR count). The number of hydrogen-bond donors (Lipinski definition) is 0. The maximum absolute atomic E-state index is 12.1. The normalized spacial score (nSPS) is 17.3. The molecule has 0 fully saturated rings. The Labute approximate surface area is 87.8 Å². The SMILES string of the molecule is O=c1c2c(nc3n1C=CCC3)C=CCC2. The second-order valence-electron chi connectivity index (χ2n) is 3.93. The Kier molecular flexibility index (Phi) is 1.84. The van der Waals surface area contributed by atoms with E-state index in [0.717, 1.165) is 42.8 Å². The second kappa shape index (κ2) is 3.19. The third-order valence-electron chi connectivity index (χ3n) is 2.94. The molecule has 15 heavy (non-hydrogen) atoms. The van der Waals surface area contributed by atoms with E-state index in [2.05, 4.69) is 11.1 Å². The molecule has 0 amide bonds. The summed E-state index contributed by atoms with van der Waals surface area (Å²) in [5.74, 6) is 0.896. The molecule has 3 nitrogen and oxygen atoms in total. The van der Waals surface area contributed by atoms with Gasteiger partial charge in [-0.2, -0.15) is 0 Å². The Balaban J connectivity index is 2.32. The maximum atomic E-state index is 12.1. The molecule has 2 heterocycles. The highest BCUT2D eigenvalue weighted by atomic mass is 16.1. The number of rotatable bonds is 0. The monoisotopic (exact) mass is 200 g/mol. The van der Waals surface area contributed by atoms with Gasteiger partial charge in [0.05, 0.1) is 5.69 Å². The van der Waals surface area contributed by atoms with Gasteiger partial charge in [-0.25, -0.2) is 4.98 Å². The first-order valence-electron chi connectivity index (χ1n) is 5.34. The van der Waals surface area contributed by atoms with Crippen molar-refractivity contribution in [1.82, 2.24) is 9.55 Å². The average molecular weight is 200 g/mol. The zero-order chi connectivity index (χ0) is 10.3. The van der Waals surface area contributed by atoms with Crippen LogP contribution in [-0.4, -0.2) is 9.55 Å².